The lowest BCUT2D eigenvalue weighted by atomic mass is 9.67. The molecular weight excluding hydrogens is 179 g/mol. The Hall–Kier alpha value is -0.195. The number of allylic oxidation sites excluding steroid dienone is 1. The van der Waals surface area contributed by atoms with Gasteiger partial charge in [-0.15, -0.1) is 6.58 Å². The van der Waals surface area contributed by atoms with E-state index in [2.05, 4.69) is 26.5 Å². The molecular formula is C14H29B. The molecule has 0 fully saturated rings. The van der Waals surface area contributed by atoms with Gasteiger partial charge in [0.05, 0.1) is 0 Å². The van der Waals surface area contributed by atoms with Gasteiger partial charge in [0.2, 0.25) is 0 Å². The first-order chi connectivity index (χ1) is 7.35. The number of unbranched alkanes of at least 4 members (excludes halogenated alkanes) is 3. The first-order valence-electron chi connectivity index (χ1n) is 6.96. The molecule has 0 aromatic rings. The zero-order valence-electron chi connectivity index (χ0n) is 10.9. The molecule has 0 heterocycles. The average molecular weight is 208 g/mol. The molecule has 0 spiro atoms. The van der Waals surface area contributed by atoms with E-state index in [-0.39, 0.29) is 0 Å². The summed E-state index contributed by atoms with van der Waals surface area (Å²) in [5.41, 5.74) is 0. The Bertz CT molecular complexity index is 131. The van der Waals surface area contributed by atoms with E-state index in [1.807, 2.05) is 0 Å². The zero-order valence-corrected chi connectivity index (χ0v) is 10.9. The largest absolute Gasteiger partial charge is 0.120 e. The molecule has 0 aliphatic carbocycles. The van der Waals surface area contributed by atoms with Crippen LogP contribution in [0.1, 0.15) is 58.8 Å². The molecule has 0 amide bonds. The van der Waals surface area contributed by atoms with Crippen molar-refractivity contribution in [1.82, 2.24) is 0 Å². The molecule has 0 bridgehead atoms. The van der Waals surface area contributed by atoms with Crippen LogP contribution in [0.3, 0.4) is 0 Å². The van der Waals surface area contributed by atoms with E-state index < -0.39 is 0 Å². The van der Waals surface area contributed by atoms with Crippen LogP contribution in [-0.2, 0) is 0 Å². The summed E-state index contributed by atoms with van der Waals surface area (Å²) in [5.74, 6) is 0.901. The predicted octanol–water partition coefficient (Wildman–Crippen LogP) is 4.83. The van der Waals surface area contributed by atoms with Gasteiger partial charge in [-0.25, -0.2) is 0 Å². The zero-order chi connectivity index (χ0) is 11.4. The van der Waals surface area contributed by atoms with E-state index in [0.29, 0.717) is 0 Å². The number of hydrogen-bond donors (Lipinski definition) is 0. The maximum atomic E-state index is 3.83. The SMILES string of the molecule is C=CCC(CC)CCBCCCCCC. The molecule has 0 rings (SSSR count). The van der Waals surface area contributed by atoms with Gasteiger partial charge in [0.25, 0.3) is 0 Å². The third kappa shape index (κ3) is 10.1. The molecule has 0 aromatic carbocycles. The van der Waals surface area contributed by atoms with Gasteiger partial charge in [0.15, 0.2) is 0 Å². The smallest absolute Gasteiger partial charge is 0.103 e. The van der Waals surface area contributed by atoms with Crippen LogP contribution in [0.15, 0.2) is 12.7 Å². The highest BCUT2D eigenvalue weighted by molar-refractivity contribution is 6.35. The minimum Gasteiger partial charge on any atom is -0.103 e. The summed E-state index contributed by atoms with van der Waals surface area (Å²) >= 11 is 0. The van der Waals surface area contributed by atoms with Crippen molar-refractivity contribution in [1.29, 1.82) is 0 Å². The maximum Gasteiger partial charge on any atom is 0.120 e. The van der Waals surface area contributed by atoms with E-state index >= 15 is 0 Å². The third-order valence-electron chi connectivity index (χ3n) is 3.29. The number of rotatable bonds is 11. The standard InChI is InChI=1S/C14H29B/c1-4-7-8-9-12-15-13-11-14(6-3)10-5-2/h5,14-15H,2,4,6-13H2,1,3H3. The Morgan fingerprint density at radius 2 is 1.93 bits per heavy atom. The van der Waals surface area contributed by atoms with Crippen molar-refractivity contribution in [3.8, 4) is 0 Å². The molecule has 0 aliphatic rings. The molecule has 15 heavy (non-hydrogen) atoms. The summed E-state index contributed by atoms with van der Waals surface area (Å²) in [6, 6.07) is 0. The Balaban J connectivity index is 3.17. The first kappa shape index (κ1) is 14.8. The van der Waals surface area contributed by atoms with Gasteiger partial charge in [-0.05, 0) is 12.3 Å². The topological polar surface area (TPSA) is 0 Å². The summed E-state index contributed by atoms with van der Waals surface area (Å²) in [7, 11) is 1.44. The molecule has 0 nitrogen and oxygen atoms in total. The van der Waals surface area contributed by atoms with Crippen LogP contribution in [0.4, 0.5) is 0 Å². The van der Waals surface area contributed by atoms with Crippen LogP contribution in [0, 0.1) is 5.92 Å². The monoisotopic (exact) mass is 208 g/mol. The van der Waals surface area contributed by atoms with E-state index in [1.54, 1.807) is 0 Å². The van der Waals surface area contributed by atoms with Crippen LogP contribution >= 0.6 is 0 Å². The normalized spacial score (nSPS) is 12.4. The van der Waals surface area contributed by atoms with Gasteiger partial charge in [0.1, 0.15) is 7.28 Å². The van der Waals surface area contributed by atoms with Gasteiger partial charge in [-0.3, -0.25) is 0 Å². The lowest BCUT2D eigenvalue weighted by molar-refractivity contribution is 0.499. The molecule has 0 aliphatic heterocycles. The molecule has 0 radical (unpaired) electrons. The second-order valence-corrected chi connectivity index (χ2v) is 4.71. The van der Waals surface area contributed by atoms with Gasteiger partial charge < -0.3 is 0 Å². The molecule has 0 N–H and O–H groups in total. The molecule has 1 heteroatoms. The molecule has 0 aromatic heterocycles. The minimum absolute atomic E-state index is 0.901. The van der Waals surface area contributed by atoms with Crippen LogP contribution in [0.2, 0.25) is 12.6 Å². The quantitative estimate of drug-likeness (QED) is 0.259. The summed E-state index contributed by atoms with van der Waals surface area (Å²) in [6.45, 7) is 8.41. The lowest BCUT2D eigenvalue weighted by Gasteiger charge is -2.11. The maximum absolute atomic E-state index is 3.83. The summed E-state index contributed by atoms with van der Waals surface area (Å²) < 4.78 is 0. The fraction of sp³-hybridized carbons (Fsp3) is 0.857. The van der Waals surface area contributed by atoms with E-state index in [4.69, 9.17) is 0 Å². The van der Waals surface area contributed by atoms with Crippen molar-refractivity contribution in [2.45, 2.75) is 71.4 Å². The third-order valence-corrected chi connectivity index (χ3v) is 3.29. The Morgan fingerprint density at radius 3 is 2.53 bits per heavy atom. The fourth-order valence-electron chi connectivity index (χ4n) is 2.11. The van der Waals surface area contributed by atoms with Gasteiger partial charge in [0, 0.05) is 0 Å². The highest BCUT2D eigenvalue weighted by Gasteiger charge is 2.03. The average Bonchev–Trinajstić information content (AvgIpc) is 2.26. The Morgan fingerprint density at radius 1 is 1.13 bits per heavy atom. The number of hydrogen-bond acceptors (Lipinski definition) is 0. The second kappa shape index (κ2) is 11.9. The summed E-state index contributed by atoms with van der Waals surface area (Å²) in [4.78, 5) is 0. The first-order valence-corrected chi connectivity index (χ1v) is 6.96. The van der Waals surface area contributed by atoms with Crippen molar-refractivity contribution in [3.63, 3.8) is 0 Å². The van der Waals surface area contributed by atoms with E-state index in [9.17, 15) is 0 Å². The van der Waals surface area contributed by atoms with Crippen LogP contribution in [-0.4, -0.2) is 7.28 Å². The lowest BCUT2D eigenvalue weighted by Crippen LogP contribution is -1.99. The van der Waals surface area contributed by atoms with Crippen molar-refractivity contribution in [2.75, 3.05) is 0 Å². The van der Waals surface area contributed by atoms with Gasteiger partial charge >= 0.3 is 0 Å². The molecule has 88 valence electrons. The second-order valence-electron chi connectivity index (χ2n) is 4.71. The van der Waals surface area contributed by atoms with Crippen molar-refractivity contribution in [2.24, 2.45) is 5.92 Å². The molecule has 1 unspecified atom stereocenters. The highest BCUT2D eigenvalue weighted by Crippen LogP contribution is 2.16. The highest BCUT2D eigenvalue weighted by atomic mass is 14.0. The molecule has 1 atom stereocenters. The van der Waals surface area contributed by atoms with Gasteiger partial charge in [-0.2, -0.15) is 0 Å². The van der Waals surface area contributed by atoms with Crippen molar-refractivity contribution in [3.05, 3.63) is 12.7 Å². The van der Waals surface area contributed by atoms with E-state index in [1.165, 1.54) is 64.9 Å². The Kier molecular flexibility index (Phi) is 11.7. The molecule has 0 saturated carbocycles. The van der Waals surface area contributed by atoms with Crippen LogP contribution in [0.25, 0.3) is 0 Å². The van der Waals surface area contributed by atoms with E-state index in [0.717, 1.165) is 5.92 Å². The van der Waals surface area contributed by atoms with Crippen molar-refractivity contribution >= 4 is 7.28 Å². The summed E-state index contributed by atoms with van der Waals surface area (Å²) in [5, 5.41) is 0. The Labute approximate surface area is 97.8 Å². The molecule has 0 saturated heterocycles. The fourth-order valence-corrected chi connectivity index (χ4v) is 2.11. The van der Waals surface area contributed by atoms with Crippen LogP contribution in [0.5, 0.6) is 0 Å². The summed E-state index contributed by atoms with van der Waals surface area (Å²) in [6.07, 6.45) is 14.6. The van der Waals surface area contributed by atoms with Crippen molar-refractivity contribution < 1.29 is 0 Å². The predicted molar refractivity (Wildman–Crippen MR) is 74.1 cm³/mol. The van der Waals surface area contributed by atoms with Gasteiger partial charge in [-0.1, -0.05) is 71.1 Å². The minimum atomic E-state index is 0.901. The van der Waals surface area contributed by atoms with Crippen LogP contribution < -0.4 is 0 Å².